The molecule has 0 spiro atoms. The van der Waals surface area contributed by atoms with Crippen molar-refractivity contribution < 1.29 is 29.0 Å². The number of ether oxygens (including phenoxy) is 1. The summed E-state index contributed by atoms with van der Waals surface area (Å²) in [5, 5.41) is 11.1. The molecule has 0 heterocycles. The molecule has 0 aliphatic rings. The highest BCUT2D eigenvalue weighted by atomic mass is 16.5. The van der Waals surface area contributed by atoms with E-state index in [2.05, 4.69) is 10.1 Å². The van der Waals surface area contributed by atoms with Gasteiger partial charge in [0.05, 0.1) is 7.11 Å². The highest BCUT2D eigenvalue weighted by Crippen LogP contribution is 2.00. The number of primary amides is 1. The number of carbonyl (C=O) groups excluding carboxylic acids is 3. The Kier molecular flexibility index (Phi) is 6.94. The van der Waals surface area contributed by atoms with Crippen molar-refractivity contribution in [2.24, 2.45) is 5.73 Å². The van der Waals surface area contributed by atoms with Crippen LogP contribution >= 0.6 is 0 Å². The van der Waals surface area contributed by atoms with E-state index in [9.17, 15) is 19.2 Å². The predicted octanol–water partition coefficient (Wildman–Crippen LogP) is -1.48. The molecule has 0 saturated carbocycles. The number of likely N-dealkylation sites (N-methyl/N-ethyl adjacent to an activating group) is 1. The summed E-state index contributed by atoms with van der Waals surface area (Å²) in [6, 6.07) is -2.02. The summed E-state index contributed by atoms with van der Waals surface area (Å²) in [7, 11) is 2.47. The number of carboxylic acid groups (broad SMARTS) is 1. The zero-order valence-corrected chi connectivity index (χ0v) is 10.7. The van der Waals surface area contributed by atoms with E-state index < -0.39 is 29.9 Å². The molecule has 3 amide bonds. The number of nitrogens with two attached hydrogens (primary N) is 1. The van der Waals surface area contributed by atoms with Crippen molar-refractivity contribution in [3.05, 3.63) is 0 Å². The van der Waals surface area contributed by atoms with Gasteiger partial charge in [-0.1, -0.05) is 0 Å². The van der Waals surface area contributed by atoms with Crippen molar-refractivity contribution in [3.63, 3.8) is 0 Å². The van der Waals surface area contributed by atoms with Crippen molar-refractivity contribution >= 4 is 23.9 Å². The minimum atomic E-state index is -1.29. The Labute approximate surface area is 109 Å². The van der Waals surface area contributed by atoms with E-state index in [1.165, 1.54) is 14.2 Å². The molecule has 0 aromatic heterocycles. The van der Waals surface area contributed by atoms with Gasteiger partial charge in [0, 0.05) is 13.5 Å². The van der Waals surface area contributed by atoms with Gasteiger partial charge in [0.1, 0.15) is 12.6 Å². The molecule has 0 unspecified atom stereocenters. The van der Waals surface area contributed by atoms with Crippen LogP contribution in [0.1, 0.15) is 12.8 Å². The molecule has 0 saturated heterocycles. The van der Waals surface area contributed by atoms with E-state index >= 15 is 0 Å². The molecular formula is C10H17N3O6. The number of urea groups is 1. The van der Waals surface area contributed by atoms with E-state index in [1.54, 1.807) is 0 Å². The Bertz CT molecular complexity index is 370. The Morgan fingerprint density at radius 2 is 1.95 bits per heavy atom. The molecule has 9 nitrogen and oxygen atoms in total. The van der Waals surface area contributed by atoms with Crippen LogP contribution < -0.4 is 11.1 Å². The summed E-state index contributed by atoms with van der Waals surface area (Å²) in [6.07, 6.45) is -0.258. The molecular weight excluding hydrogens is 258 g/mol. The van der Waals surface area contributed by atoms with Gasteiger partial charge < -0.3 is 25.8 Å². The second-order valence-electron chi connectivity index (χ2n) is 3.78. The number of nitrogens with zero attached hydrogens (tertiary/aromatic N) is 1. The third-order valence-electron chi connectivity index (χ3n) is 2.20. The second-order valence-corrected chi connectivity index (χ2v) is 3.78. The Balaban J connectivity index is 4.41. The van der Waals surface area contributed by atoms with Crippen LogP contribution in [0.3, 0.4) is 0 Å². The van der Waals surface area contributed by atoms with E-state index in [-0.39, 0.29) is 19.4 Å². The topological polar surface area (TPSA) is 139 Å². The molecule has 0 aromatic carbocycles. The first-order valence-corrected chi connectivity index (χ1v) is 5.37. The van der Waals surface area contributed by atoms with Crippen molar-refractivity contribution in [1.82, 2.24) is 10.2 Å². The Hall–Kier alpha value is -2.32. The molecule has 4 N–H and O–H groups in total. The largest absolute Gasteiger partial charge is 0.480 e. The smallest absolute Gasteiger partial charge is 0.326 e. The normalized spacial score (nSPS) is 11.3. The summed E-state index contributed by atoms with van der Waals surface area (Å²) in [4.78, 5) is 44.9. The lowest BCUT2D eigenvalue weighted by Gasteiger charge is -2.20. The van der Waals surface area contributed by atoms with Crippen molar-refractivity contribution in [2.75, 3.05) is 20.7 Å². The number of rotatable bonds is 7. The quantitative estimate of drug-likeness (QED) is 0.484. The molecule has 0 bridgehead atoms. The van der Waals surface area contributed by atoms with Gasteiger partial charge >= 0.3 is 18.0 Å². The van der Waals surface area contributed by atoms with Crippen LogP contribution in [0.25, 0.3) is 0 Å². The minimum Gasteiger partial charge on any atom is -0.480 e. The maximum atomic E-state index is 11.5. The number of esters is 1. The first-order valence-electron chi connectivity index (χ1n) is 5.37. The fourth-order valence-electron chi connectivity index (χ4n) is 1.19. The monoisotopic (exact) mass is 275 g/mol. The van der Waals surface area contributed by atoms with Gasteiger partial charge in [-0.3, -0.25) is 9.59 Å². The maximum absolute atomic E-state index is 11.5. The van der Waals surface area contributed by atoms with Gasteiger partial charge in [-0.2, -0.15) is 0 Å². The van der Waals surface area contributed by atoms with Crippen molar-refractivity contribution in [1.29, 1.82) is 0 Å². The Morgan fingerprint density at radius 3 is 2.37 bits per heavy atom. The maximum Gasteiger partial charge on any atom is 0.326 e. The van der Waals surface area contributed by atoms with E-state index in [0.29, 0.717) is 0 Å². The van der Waals surface area contributed by atoms with Gasteiger partial charge in [-0.25, -0.2) is 9.59 Å². The van der Waals surface area contributed by atoms with Crippen molar-refractivity contribution in [2.45, 2.75) is 18.9 Å². The molecule has 19 heavy (non-hydrogen) atoms. The number of hydrogen-bond acceptors (Lipinski definition) is 5. The zero-order valence-electron chi connectivity index (χ0n) is 10.7. The van der Waals surface area contributed by atoms with Crippen LogP contribution in [-0.2, 0) is 19.1 Å². The van der Waals surface area contributed by atoms with Gasteiger partial charge in [0.15, 0.2) is 0 Å². The average Bonchev–Trinajstić information content (AvgIpc) is 2.32. The predicted molar refractivity (Wildman–Crippen MR) is 63.0 cm³/mol. The van der Waals surface area contributed by atoms with Crippen molar-refractivity contribution in [3.8, 4) is 0 Å². The molecule has 0 fully saturated rings. The lowest BCUT2D eigenvalue weighted by molar-refractivity contribution is -0.142. The number of methoxy groups -OCH3 is 1. The highest BCUT2D eigenvalue weighted by molar-refractivity contribution is 5.86. The average molecular weight is 275 g/mol. The lowest BCUT2D eigenvalue weighted by atomic mass is 10.1. The number of aliphatic carboxylic acids is 1. The molecule has 0 rings (SSSR count). The number of nitrogens with one attached hydrogen (secondary N) is 1. The molecule has 0 aromatic rings. The number of hydrogen-bond donors (Lipinski definition) is 3. The first-order chi connectivity index (χ1) is 8.77. The van der Waals surface area contributed by atoms with Gasteiger partial charge in [-0.15, -0.1) is 0 Å². The minimum absolute atomic E-state index is 0.113. The zero-order chi connectivity index (χ0) is 15.0. The van der Waals surface area contributed by atoms with Gasteiger partial charge in [0.25, 0.3) is 0 Å². The molecule has 9 heteroatoms. The summed E-state index contributed by atoms with van der Waals surface area (Å²) in [6.45, 7) is -0.338. The summed E-state index contributed by atoms with van der Waals surface area (Å²) in [5.74, 6) is -2.59. The van der Waals surface area contributed by atoms with E-state index in [1.807, 2.05) is 0 Å². The van der Waals surface area contributed by atoms with E-state index in [0.717, 1.165) is 4.90 Å². The standard InChI is InChI=1S/C10H17N3O6/c1-13(5-7(11)14)10(18)12-6(9(16)17)3-4-8(15)19-2/h6H,3-5H2,1-2H3,(H2,11,14)(H,12,18)(H,16,17)/t6-/m1/s1. The third kappa shape index (κ3) is 6.86. The molecule has 0 aliphatic carbocycles. The first kappa shape index (κ1) is 16.7. The summed E-state index contributed by atoms with van der Waals surface area (Å²) in [5.41, 5.74) is 4.90. The van der Waals surface area contributed by atoms with Crippen LogP contribution in [0.5, 0.6) is 0 Å². The fourth-order valence-corrected chi connectivity index (χ4v) is 1.19. The molecule has 0 radical (unpaired) electrons. The van der Waals surface area contributed by atoms with Crippen LogP contribution in [0, 0.1) is 0 Å². The van der Waals surface area contributed by atoms with Crippen LogP contribution in [0.15, 0.2) is 0 Å². The van der Waals surface area contributed by atoms with E-state index in [4.69, 9.17) is 10.8 Å². The second kappa shape index (κ2) is 7.90. The summed E-state index contributed by atoms with van der Waals surface area (Å²) >= 11 is 0. The number of carboxylic acids is 1. The molecule has 0 aliphatic heterocycles. The number of carbonyl (C=O) groups is 4. The number of amides is 3. The summed E-state index contributed by atoms with van der Waals surface area (Å²) < 4.78 is 4.37. The Morgan fingerprint density at radius 1 is 1.37 bits per heavy atom. The lowest BCUT2D eigenvalue weighted by Crippen LogP contribution is -2.48. The van der Waals surface area contributed by atoms with Crippen LogP contribution in [0.4, 0.5) is 4.79 Å². The molecule has 1 atom stereocenters. The van der Waals surface area contributed by atoms with Crippen LogP contribution in [0.2, 0.25) is 0 Å². The third-order valence-corrected chi connectivity index (χ3v) is 2.20. The molecule has 108 valence electrons. The highest BCUT2D eigenvalue weighted by Gasteiger charge is 2.23. The fraction of sp³-hybridized carbons (Fsp3) is 0.600. The SMILES string of the molecule is COC(=O)CC[C@@H](NC(=O)N(C)CC(N)=O)C(=O)O. The van der Waals surface area contributed by atoms with Gasteiger partial charge in [0.2, 0.25) is 5.91 Å². The van der Waals surface area contributed by atoms with Gasteiger partial charge in [-0.05, 0) is 6.42 Å². The van der Waals surface area contributed by atoms with Crippen LogP contribution in [-0.4, -0.2) is 60.6 Å².